The van der Waals surface area contributed by atoms with Crippen molar-refractivity contribution < 1.29 is 29.0 Å². The number of carboxylic acid groups (broad SMARTS) is 1. The van der Waals surface area contributed by atoms with E-state index in [0.29, 0.717) is 17.6 Å². The number of aliphatic hydroxyl groups is 1. The number of rotatable bonds is 17. The number of quaternary nitrogens is 1. The maximum Gasteiger partial charge on any atom is 0.330 e. The molecule has 0 rings (SSSR count). The van der Waals surface area contributed by atoms with Crippen LogP contribution in [0.1, 0.15) is 70.6 Å². The average molecular weight is 386 g/mol. The number of hydrogen-bond donors (Lipinski definition) is 1. The van der Waals surface area contributed by atoms with Crippen LogP contribution >= 0.6 is 0 Å². The van der Waals surface area contributed by atoms with Crippen LogP contribution in [0.2, 0.25) is 0 Å². The predicted molar refractivity (Wildman–Crippen MR) is 105 cm³/mol. The Balaban J connectivity index is 3.82. The van der Waals surface area contributed by atoms with Gasteiger partial charge in [-0.3, -0.25) is 0 Å². The maximum absolute atomic E-state index is 11.9. The van der Waals surface area contributed by atoms with Crippen LogP contribution in [0.4, 0.5) is 0 Å². The molecule has 0 aromatic carbocycles. The van der Waals surface area contributed by atoms with Crippen molar-refractivity contribution in [1.29, 1.82) is 0 Å². The zero-order chi connectivity index (χ0) is 20.5. The van der Waals surface area contributed by atoms with E-state index in [0.717, 1.165) is 32.1 Å². The zero-order valence-electron chi connectivity index (χ0n) is 17.5. The van der Waals surface area contributed by atoms with Crippen LogP contribution in [0.15, 0.2) is 12.2 Å². The van der Waals surface area contributed by atoms with Crippen LogP contribution in [0, 0.1) is 0 Å². The first-order valence-electron chi connectivity index (χ1n) is 10.2. The van der Waals surface area contributed by atoms with Crippen molar-refractivity contribution in [3.05, 3.63) is 12.2 Å². The number of allylic oxidation sites excluding steroid dienone is 1. The summed E-state index contributed by atoms with van der Waals surface area (Å²) in [6.07, 6.45) is 13.4. The molecule has 158 valence electrons. The minimum Gasteiger partial charge on any atom is -0.550 e. The Bertz CT molecular complexity index is 429. The number of unbranched alkanes of at least 4 members (excludes halogenated alkanes) is 9. The van der Waals surface area contributed by atoms with Gasteiger partial charge in [0, 0.05) is 25.1 Å². The molecule has 0 aliphatic carbocycles. The van der Waals surface area contributed by atoms with E-state index in [1.807, 2.05) is 21.1 Å². The third kappa shape index (κ3) is 19.2. The Morgan fingerprint density at radius 3 is 1.96 bits per heavy atom. The van der Waals surface area contributed by atoms with Crippen molar-refractivity contribution in [3.8, 4) is 0 Å². The molecule has 0 saturated heterocycles. The highest BCUT2D eigenvalue weighted by atomic mass is 16.5. The van der Waals surface area contributed by atoms with Crippen LogP contribution < -0.4 is 5.11 Å². The number of hydrogen-bond acceptors (Lipinski definition) is 5. The molecule has 0 amide bonds. The monoisotopic (exact) mass is 385 g/mol. The Labute approximate surface area is 164 Å². The third-order valence-electron chi connectivity index (χ3n) is 4.21. The van der Waals surface area contributed by atoms with E-state index in [9.17, 15) is 14.7 Å². The molecule has 6 nitrogen and oxygen atoms in total. The summed E-state index contributed by atoms with van der Waals surface area (Å²) in [7, 11) is 5.75. The number of nitrogens with zero attached hydrogens (tertiary/aromatic N) is 1. The second kappa shape index (κ2) is 15.6. The topological polar surface area (TPSA) is 86.7 Å². The second-order valence-electron chi connectivity index (χ2n) is 8.20. The van der Waals surface area contributed by atoms with Gasteiger partial charge in [0.1, 0.15) is 6.54 Å². The Morgan fingerprint density at radius 2 is 1.48 bits per heavy atom. The fraction of sp³-hybridized carbons (Fsp3) is 0.810. The number of carboxylic acids is 1. The van der Waals surface area contributed by atoms with E-state index in [1.54, 1.807) is 6.08 Å². The van der Waals surface area contributed by atoms with Gasteiger partial charge in [0.15, 0.2) is 6.10 Å². The molecule has 1 atom stereocenters. The summed E-state index contributed by atoms with van der Waals surface area (Å²) in [5.74, 6) is -1.70. The summed E-state index contributed by atoms with van der Waals surface area (Å²) < 4.78 is 5.77. The largest absolute Gasteiger partial charge is 0.550 e. The van der Waals surface area contributed by atoms with Crippen LogP contribution in [-0.2, 0) is 14.3 Å². The fourth-order valence-electron chi connectivity index (χ4n) is 2.93. The molecule has 0 aromatic heterocycles. The number of ether oxygens (including phenoxy) is 1. The van der Waals surface area contributed by atoms with Gasteiger partial charge >= 0.3 is 5.97 Å². The van der Waals surface area contributed by atoms with Crippen molar-refractivity contribution in [2.75, 3.05) is 34.3 Å². The van der Waals surface area contributed by atoms with Crippen LogP contribution in [0.25, 0.3) is 0 Å². The molecule has 0 saturated carbocycles. The first kappa shape index (κ1) is 25.6. The quantitative estimate of drug-likeness (QED) is 0.179. The van der Waals surface area contributed by atoms with Gasteiger partial charge in [-0.1, -0.05) is 51.0 Å². The van der Waals surface area contributed by atoms with Crippen molar-refractivity contribution in [2.45, 2.75) is 76.7 Å². The van der Waals surface area contributed by atoms with Crippen molar-refractivity contribution in [3.63, 3.8) is 0 Å². The zero-order valence-corrected chi connectivity index (χ0v) is 17.5. The molecule has 0 aromatic rings. The lowest BCUT2D eigenvalue weighted by molar-refractivity contribution is -0.873. The molecule has 1 N–H and O–H groups in total. The predicted octanol–water partition coefficient (Wildman–Crippen LogP) is 2.19. The molecular formula is C21H39NO5. The highest BCUT2D eigenvalue weighted by Crippen LogP contribution is 2.11. The van der Waals surface area contributed by atoms with E-state index in [4.69, 9.17) is 9.84 Å². The molecule has 0 aliphatic heterocycles. The van der Waals surface area contributed by atoms with Crippen molar-refractivity contribution in [1.82, 2.24) is 0 Å². The van der Waals surface area contributed by atoms with E-state index >= 15 is 0 Å². The number of likely N-dealkylation sites (N-methyl/N-ethyl adjacent to an activating group) is 1. The molecule has 0 radical (unpaired) electrons. The summed E-state index contributed by atoms with van der Waals surface area (Å²) >= 11 is 0. The Kier molecular flexibility index (Phi) is 14.8. The van der Waals surface area contributed by atoms with Gasteiger partial charge in [-0.25, -0.2) is 4.79 Å². The smallest absolute Gasteiger partial charge is 0.330 e. The van der Waals surface area contributed by atoms with Gasteiger partial charge in [0.2, 0.25) is 0 Å². The minimum absolute atomic E-state index is 0.283. The molecule has 6 heteroatoms. The SMILES string of the molecule is C[N+](C)(C)CC(CC(=O)[O-])OC(=O)C=CCCCCCCCCCCCO. The van der Waals surface area contributed by atoms with Crippen molar-refractivity contribution in [2.24, 2.45) is 0 Å². The van der Waals surface area contributed by atoms with Gasteiger partial charge in [-0.2, -0.15) is 0 Å². The number of aliphatic hydroxyl groups excluding tert-OH is 1. The molecule has 27 heavy (non-hydrogen) atoms. The van der Waals surface area contributed by atoms with E-state index in [-0.39, 0.29) is 6.42 Å². The fourth-order valence-corrected chi connectivity index (χ4v) is 2.93. The minimum atomic E-state index is -1.21. The maximum atomic E-state index is 11.9. The van der Waals surface area contributed by atoms with Gasteiger partial charge < -0.3 is 24.2 Å². The molecule has 0 aliphatic rings. The third-order valence-corrected chi connectivity index (χ3v) is 4.21. The van der Waals surface area contributed by atoms with Gasteiger partial charge in [-0.05, 0) is 19.3 Å². The summed E-state index contributed by atoms with van der Waals surface area (Å²) in [5, 5.41) is 19.5. The van der Waals surface area contributed by atoms with Crippen LogP contribution in [0.5, 0.6) is 0 Å². The second-order valence-corrected chi connectivity index (χ2v) is 8.20. The molecular weight excluding hydrogens is 346 g/mol. The summed E-state index contributed by atoms with van der Waals surface area (Å²) in [4.78, 5) is 22.7. The van der Waals surface area contributed by atoms with Gasteiger partial charge in [-0.15, -0.1) is 0 Å². The first-order valence-corrected chi connectivity index (χ1v) is 10.2. The summed E-state index contributed by atoms with van der Waals surface area (Å²) in [5.41, 5.74) is 0. The van der Waals surface area contributed by atoms with Gasteiger partial charge in [0.05, 0.1) is 21.1 Å². The van der Waals surface area contributed by atoms with Crippen LogP contribution in [-0.4, -0.2) is 61.9 Å². The molecule has 0 heterocycles. The summed E-state index contributed by atoms with van der Waals surface area (Å²) in [6, 6.07) is 0. The van der Waals surface area contributed by atoms with E-state index < -0.39 is 18.0 Å². The molecule has 0 fully saturated rings. The number of carbonyl (C=O) groups is 2. The number of aliphatic carboxylic acids is 1. The average Bonchev–Trinajstić information content (AvgIpc) is 2.53. The molecule has 0 bridgehead atoms. The standard InChI is InChI=1S/C21H39NO5/c1-22(2,3)18-19(17-20(24)25)27-21(26)15-13-11-9-7-5-4-6-8-10-12-14-16-23/h13,15,19,23H,4-12,14,16-18H2,1-3H3. The van der Waals surface area contributed by atoms with Gasteiger partial charge in [0.25, 0.3) is 0 Å². The molecule has 1 unspecified atom stereocenters. The normalized spacial score (nSPS) is 13.0. The first-order chi connectivity index (χ1) is 12.7. The van der Waals surface area contributed by atoms with Crippen LogP contribution in [0.3, 0.4) is 0 Å². The number of esters is 1. The number of carbonyl (C=O) groups excluding carboxylic acids is 2. The van der Waals surface area contributed by atoms with E-state index in [1.165, 1.54) is 38.2 Å². The lowest BCUT2D eigenvalue weighted by Crippen LogP contribution is -2.45. The Hall–Kier alpha value is -1.40. The Morgan fingerprint density at radius 1 is 0.963 bits per heavy atom. The summed E-state index contributed by atoms with van der Waals surface area (Å²) in [6.45, 7) is 0.724. The molecule has 0 spiro atoms. The van der Waals surface area contributed by atoms with Crippen molar-refractivity contribution >= 4 is 11.9 Å². The highest BCUT2D eigenvalue weighted by molar-refractivity contribution is 5.82. The highest BCUT2D eigenvalue weighted by Gasteiger charge is 2.21. The lowest BCUT2D eigenvalue weighted by atomic mass is 10.1. The van der Waals surface area contributed by atoms with E-state index in [2.05, 4.69) is 0 Å². The lowest BCUT2D eigenvalue weighted by Gasteiger charge is -2.29.